The predicted molar refractivity (Wildman–Crippen MR) is 108 cm³/mol. The van der Waals surface area contributed by atoms with Crippen LogP contribution in [-0.4, -0.2) is 55.0 Å². The zero-order chi connectivity index (χ0) is 16.1. The fourth-order valence-electron chi connectivity index (χ4n) is 3.86. The van der Waals surface area contributed by atoms with Crippen LogP contribution in [0.4, 0.5) is 0 Å². The van der Waals surface area contributed by atoms with Gasteiger partial charge in [0, 0.05) is 32.7 Å². The van der Waals surface area contributed by atoms with Crippen LogP contribution in [0.2, 0.25) is 0 Å². The van der Waals surface area contributed by atoms with Gasteiger partial charge in [0.15, 0.2) is 0 Å². The summed E-state index contributed by atoms with van der Waals surface area (Å²) in [7, 11) is 0. The summed E-state index contributed by atoms with van der Waals surface area (Å²) in [6.45, 7) is 9.02. The number of carbonyl (C=O) groups is 1. The fraction of sp³-hybridized carbons (Fsp3) is 0.632. The maximum absolute atomic E-state index is 12.6. The molecule has 1 aromatic rings. The minimum absolute atomic E-state index is 0. The monoisotopic (exact) mass is 387 g/mol. The number of halogens is 2. The standard InChI is InChI=1S/C19H29N3O.2ClH/c1-2-22(19(23)18-8-10-20-12-18)15-17-9-11-21(14-17)13-16-6-4-3-5-7-16;;/h3-7,17-18,20H,2,8-15H2,1H3;2*1H. The molecule has 0 aromatic heterocycles. The molecule has 2 unspecified atom stereocenters. The molecule has 2 saturated heterocycles. The van der Waals surface area contributed by atoms with Crippen LogP contribution in [0.1, 0.15) is 25.3 Å². The van der Waals surface area contributed by atoms with Crippen molar-refractivity contribution in [2.24, 2.45) is 11.8 Å². The van der Waals surface area contributed by atoms with Crippen molar-refractivity contribution in [3.8, 4) is 0 Å². The Balaban J connectivity index is 0.00000156. The lowest BCUT2D eigenvalue weighted by Gasteiger charge is -2.27. The number of hydrogen-bond donors (Lipinski definition) is 1. The smallest absolute Gasteiger partial charge is 0.227 e. The molecule has 2 aliphatic heterocycles. The Morgan fingerprint density at radius 1 is 1.24 bits per heavy atom. The van der Waals surface area contributed by atoms with Crippen LogP contribution in [0.5, 0.6) is 0 Å². The average Bonchev–Trinajstić information content (AvgIpc) is 3.25. The van der Waals surface area contributed by atoms with Gasteiger partial charge in [-0.15, -0.1) is 24.8 Å². The molecule has 0 spiro atoms. The molecule has 2 atom stereocenters. The van der Waals surface area contributed by atoms with Gasteiger partial charge in [0.05, 0.1) is 5.92 Å². The average molecular weight is 388 g/mol. The van der Waals surface area contributed by atoms with Gasteiger partial charge < -0.3 is 10.2 Å². The number of nitrogens with zero attached hydrogens (tertiary/aromatic N) is 2. The number of rotatable bonds is 6. The molecule has 2 heterocycles. The Bertz CT molecular complexity index is 509. The summed E-state index contributed by atoms with van der Waals surface area (Å²) in [6.07, 6.45) is 2.21. The van der Waals surface area contributed by atoms with Crippen molar-refractivity contribution in [1.29, 1.82) is 0 Å². The molecule has 142 valence electrons. The van der Waals surface area contributed by atoms with Crippen molar-refractivity contribution in [2.45, 2.75) is 26.3 Å². The van der Waals surface area contributed by atoms with Crippen molar-refractivity contribution >= 4 is 30.7 Å². The highest BCUT2D eigenvalue weighted by molar-refractivity contribution is 5.85. The molecule has 2 aliphatic rings. The van der Waals surface area contributed by atoms with Crippen molar-refractivity contribution in [3.05, 3.63) is 35.9 Å². The molecule has 0 bridgehead atoms. The number of benzene rings is 1. The Morgan fingerprint density at radius 2 is 2.00 bits per heavy atom. The van der Waals surface area contributed by atoms with Gasteiger partial charge in [-0.25, -0.2) is 0 Å². The van der Waals surface area contributed by atoms with Crippen molar-refractivity contribution in [2.75, 3.05) is 39.3 Å². The topological polar surface area (TPSA) is 35.6 Å². The number of carbonyl (C=O) groups excluding carboxylic acids is 1. The highest BCUT2D eigenvalue weighted by Crippen LogP contribution is 2.21. The van der Waals surface area contributed by atoms with Gasteiger partial charge in [-0.2, -0.15) is 0 Å². The van der Waals surface area contributed by atoms with E-state index in [1.165, 1.54) is 12.0 Å². The summed E-state index contributed by atoms with van der Waals surface area (Å²) < 4.78 is 0. The minimum atomic E-state index is 0. The van der Waals surface area contributed by atoms with Crippen molar-refractivity contribution in [1.82, 2.24) is 15.1 Å². The molecule has 4 nitrogen and oxygen atoms in total. The van der Waals surface area contributed by atoms with E-state index in [0.717, 1.165) is 52.2 Å². The van der Waals surface area contributed by atoms with Crippen LogP contribution in [0, 0.1) is 11.8 Å². The van der Waals surface area contributed by atoms with Gasteiger partial charge in [0.25, 0.3) is 0 Å². The maximum Gasteiger partial charge on any atom is 0.227 e. The van der Waals surface area contributed by atoms with E-state index in [-0.39, 0.29) is 30.7 Å². The van der Waals surface area contributed by atoms with Crippen LogP contribution in [0.3, 0.4) is 0 Å². The Morgan fingerprint density at radius 3 is 2.64 bits per heavy atom. The summed E-state index contributed by atoms with van der Waals surface area (Å²) in [6, 6.07) is 10.7. The Labute approximate surface area is 164 Å². The van der Waals surface area contributed by atoms with E-state index in [1.807, 2.05) is 0 Å². The Hall–Kier alpha value is -0.810. The third-order valence-corrected chi connectivity index (χ3v) is 5.20. The van der Waals surface area contributed by atoms with E-state index in [4.69, 9.17) is 0 Å². The second-order valence-electron chi connectivity index (χ2n) is 6.94. The lowest BCUT2D eigenvalue weighted by molar-refractivity contribution is -0.135. The van der Waals surface area contributed by atoms with Gasteiger partial charge >= 0.3 is 0 Å². The molecule has 2 fully saturated rings. The van der Waals surface area contributed by atoms with E-state index < -0.39 is 0 Å². The first kappa shape index (κ1) is 22.2. The summed E-state index contributed by atoms with van der Waals surface area (Å²) >= 11 is 0. The highest BCUT2D eigenvalue weighted by Gasteiger charge is 2.30. The molecular weight excluding hydrogens is 357 g/mol. The second-order valence-corrected chi connectivity index (χ2v) is 6.94. The molecule has 0 aliphatic carbocycles. The summed E-state index contributed by atoms with van der Waals surface area (Å²) in [4.78, 5) is 17.2. The maximum atomic E-state index is 12.6. The molecule has 1 aromatic carbocycles. The second kappa shape index (κ2) is 11.0. The largest absolute Gasteiger partial charge is 0.342 e. The molecule has 25 heavy (non-hydrogen) atoms. The number of hydrogen-bond acceptors (Lipinski definition) is 3. The van der Waals surface area contributed by atoms with Crippen molar-refractivity contribution in [3.63, 3.8) is 0 Å². The third-order valence-electron chi connectivity index (χ3n) is 5.20. The number of likely N-dealkylation sites (tertiary alicyclic amines) is 1. The molecule has 0 radical (unpaired) electrons. The van der Waals surface area contributed by atoms with Crippen LogP contribution < -0.4 is 5.32 Å². The first-order valence-corrected chi connectivity index (χ1v) is 9.02. The van der Waals surface area contributed by atoms with Gasteiger partial charge in [-0.05, 0) is 44.3 Å². The van der Waals surface area contributed by atoms with E-state index in [1.54, 1.807) is 0 Å². The normalized spacial score (nSPS) is 22.9. The quantitative estimate of drug-likeness (QED) is 0.814. The first-order chi connectivity index (χ1) is 11.3. The third kappa shape index (κ3) is 6.14. The summed E-state index contributed by atoms with van der Waals surface area (Å²) in [5.74, 6) is 1.19. The highest BCUT2D eigenvalue weighted by atomic mass is 35.5. The van der Waals surface area contributed by atoms with Gasteiger partial charge in [0.2, 0.25) is 5.91 Å². The zero-order valence-electron chi connectivity index (χ0n) is 15.0. The SMILES string of the molecule is CCN(CC1CCN(Cc2ccccc2)C1)C(=O)C1CCNC1.Cl.Cl. The zero-order valence-corrected chi connectivity index (χ0v) is 16.7. The minimum Gasteiger partial charge on any atom is -0.342 e. The fourth-order valence-corrected chi connectivity index (χ4v) is 3.86. The molecule has 3 rings (SSSR count). The molecular formula is C19H31Cl2N3O. The number of nitrogens with one attached hydrogen (secondary N) is 1. The lowest BCUT2D eigenvalue weighted by Crippen LogP contribution is -2.40. The number of amides is 1. The predicted octanol–water partition coefficient (Wildman–Crippen LogP) is 2.81. The van der Waals surface area contributed by atoms with Gasteiger partial charge in [0.1, 0.15) is 0 Å². The van der Waals surface area contributed by atoms with Crippen LogP contribution in [-0.2, 0) is 11.3 Å². The first-order valence-electron chi connectivity index (χ1n) is 9.02. The van der Waals surface area contributed by atoms with Crippen LogP contribution in [0.25, 0.3) is 0 Å². The molecule has 6 heteroatoms. The van der Waals surface area contributed by atoms with E-state index >= 15 is 0 Å². The van der Waals surface area contributed by atoms with Crippen LogP contribution in [0.15, 0.2) is 30.3 Å². The molecule has 1 amide bonds. The van der Waals surface area contributed by atoms with E-state index in [0.29, 0.717) is 11.8 Å². The summed E-state index contributed by atoms with van der Waals surface area (Å²) in [5.41, 5.74) is 1.38. The lowest BCUT2D eigenvalue weighted by atomic mass is 10.0. The van der Waals surface area contributed by atoms with E-state index in [9.17, 15) is 4.79 Å². The van der Waals surface area contributed by atoms with E-state index in [2.05, 4.69) is 52.4 Å². The van der Waals surface area contributed by atoms with Crippen LogP contribution >= 0.6 is 24.8 Å². The summed E-state index contributed by atoms with van der Waals surface area (Å²) in [5, 5.41) is 3.30. The Kier molecular flexibility index (Phi) is 9.80. The van der Waals surface area contributed by atoms with Gasteiger partial charge in [-0.3, -0.25) is 9.69 Å². The van der Waals surface area contributed by atoms with Gasteiger partial charge in [-0.1, -0.05) is 30.3 Å². The molecule has 1 N–H and O–H groups in total. The molecule has 0 saturated carbocycles. The van der Waals surface area contributed by atoms with Crippen molar-refractivity contribution < 1.29 is 4.79 Å².